The number of hydrogen-bond acceptors (Lipinski definition) is 3. The first kappa shape index (κ1) is 14.1. The number of methoxy groups -OCH3 is 1. The molecule has 0 radical (unpaired) electrons. The predicted molar refractivity (Wildman–Crippen MR) is 79.9 cm³/mol. The van der Waals surface area contributed by atoms with E-state index in [-0.39, 0.29) is 5.97 Å². The molecule has 0 aliphatic rings. The molecule has 0 unspecified atom stereocenters. The Hall–Kier alpha value is -2.36. The molecule has 4 nitrogen and oxygen atoms in total. The number of aromatic nitrogens is 1. The quantitative estimate of drug-likeness (QED) is 0.631. The summed E-state index contributed by atoms with van der Waals surface area (Å²) >= 11 is 0. The summed E-state index contributed by atoms with van der Waals surface area (Å²) in [5, 5.41) is 0. The minimum absolute atomic E-state index is 0.330. The molecule has 104 valence electrons. The van der Waals surface area contributed by atoms with Crippen LogP contribution >= 0.6 is 0 Å². The highest BCUT2D eigenvalue weighted by molar-refractivity contribution is 5.90. The molecule has 0 amide bonds. The molecular formula is C16H18N2O2. The van der Waals surface area contributed by atoms with Crippen LogP contribution in [0.3, 0.4) is 0 Å². The van der Waals surface area contributed by atoms with Gasteiger partial charge in [-0.15, -0.1) is 0 Å². The maximum atomic E-state index is 11.4. The number of nitrogens with zero attached hydrogens (tertiary/aromatic N) is 2. The molecule has 1 aromatic heterocycles. The van der Waals surface area contributed by atoms with Gasteiger partial charge in [0.15, 0.2) is 0 Å². The lowest BCUT2D eigenvalue weighted by Gasteiger charge is -2.04. The van der Waals surface area contributed by atoms with Gasteiger partial charge in [-0.2, -0.15) is 0 Å². The summed E-state index contributed by atoms with van der Waals surface area (Å²) in [4.78, 5) is 15.9. The molecule has 0 atom stereocenters. The molecular weight excluding hydrogens is 252 g/mol. The second-order valence-electron chi connectivity index (χ2n) is 4.47. The van der Waals surface area contributed by atoms with Crippen LogP contribution in [0.15, 0.2) is 41.5 Å². The van der Waals surface area contributed by atoms with Gasteiger partial charge in [-0.05, 0) is 49.7 Å². The zero-order valence-corrected chi connectivity index (χ0v) is 12.0. The largest absolute Gasteiger partial charge is 0.465 e. The molecule has 0 bridgehead atoms. The fourth-order valence-electron chi connectivity index (χ4n) is 2.01. The number of ether oxygens (including phenoxy) is 1. The lowest BCUT2D eigenvalue weighted by Crippen LogP contribution is -2.01. The Labute approximate surface area is 118 Å². The van der Waals surface area contributed by atoms with Gasteiger partial charge in [-0.3, -0.25) is 4.99 Å². The molecule has 1 aromatic carbocycles. The number of carbonyl (C=O) groups is 1. The molecule has 0 aliphatic carbocycles. The maximum absolute atomic E-state index is 11.4. The molecule has 20 heavy (non-hydrogen) atoms. The topological polar surface area (TPSA) is 43.6 Å². The number of benzene rings is 1. The van der Waals surface area contributed by atoms with Crippen molar-refractivity contribution in [3.05, 3.63) is 53.3 Å². The molecule has 2 rings (SSSR count). The summed E-state index contributed by atoms with van der Waals surface area (Å²) < 4.78 is 6.81. The summed E-state index contributed by atoms with van der Waals surface area (Å²) in [6, 6.07) is 9.36. The Bertz CT molecular complexity index is 642. The Morgan fingerprint density at radius 3 is 2.85 bits per heavy atom. The summed E-state index contributed by atoms with van der Waals surface area (Å²) in [5.41, 5.74) is 3.39. The van der Waals surface area contributed by atoms with Gasteiger partial charge in [-0.1, -0.05) is 0 Å². The van der Waals surface area contributed by atoms with E-state index < -0.39 is 0 Å². The van der Waals surface area contributed by atoms with Gasteiger partial charge in [0.25, 0.3) is 0 Å². The van der Waals surface area contributed by atoms with E-state index in [0.29, 0.717) is 5.56 Å². The van der Waals surface area contributed by atoms with Crippen LogP contribution in [-0.4, -0.2) is 23.9 Å². The van der Waals surface area contributed by atoms with E-state index in [0.717, 1.165) is 23.5 Å². The van der Waals surface area contributed by atoms with E-state index in [4.69, 9.17) is 4.74 Å². The summed E-state index contributed by atoms with van der Waals surface area (Å²) in [5.74, 6) is -0.330. The van der Waals surface area contributed by atoms with Crippen LogP contribution in [0.25, 0.3) is 0 Å². The van der Waals surface area contributed by atoms with E-state index in [1.807, 2.05) is 37.5 Å². The molecule has 0 saturated carbocycles. The van der Waals surface area contributed by atoms with Crippen LogP contribution in [0.5, 0.6) is 0 Å². The van der Waals surface area contributed by atoms with Crippen LogP contribution in [0.2, 0.25) is 0 Å². The molecule has 4 heteroatoms. The number of rotatable bonds is 4. The smallest absolute Gasteiger partial charge is 0.337 e. The third kappa shape index (κ3) is 2.96. The minimum Gasteiger partial charge on any atom is -0.465 e. The van der Waals surface area contributed by atoms with Crippen molar-refractivity contribution in [2.24, 2.45) is 4.99 Å². The van der Waals surface area contributed by atoms with Gasteiger partial charge in [0.1, 0.15) is 0 Å². The Kier molecular flexibility index (Phi) is 4.35. The summed E-state index contributed by atoms with van der Waals surface area (Å²) in [6.07, 6.45) is 3.86. The van der Waals surface area contributed by atoms with Crippen molar-refractivity contribution < 1.29 is 9.53 Å². The van der Waals surface area contributed by atoms with E-state index in [1.54, 1.807) is 12.1 Å². The first-order valence-corrected chi connectivity index (χ1v) is 6.54. The fourth-order valence-corrected chi connectivity index (χ4v) is 2.01. The second-order valence-corrected chi connectivity index (χ2v) is 4.47. The Morgan fingerprint density at radius 2 is 2.20 bits per heavy atom. The number of carbonyl (C=O) groups excluding carboxylic acids is 1. The second kappa shape index (κ2) is 6.19. The Morgan fingerprint density at radius 1 is 1.40 bits per heavy atom. The van der Waals surface area contributed by atoms with Gasteiger partial charge < -0.3 is 9.30 Å². The number of hydrogen-bond donors (Lipinski definition) is 0. The highest BCUT2D eigenvalue weighted by Crippen LogP contribution is 2.20. The SMILES string of the molecule is CCn1cccc1C=Nc1ccc(C(=O)OC)cc1C. The summed E-state index contributed by atoms with van der Waals surface area (Å²) in [7, 11) is 1.38. The van der Waals surface area contributed by atoms with E-state index in [9.17, 15) is 4.79 Å². The third-order valence-corrected chi connectivity index (χ3v) is 3.16. The van der Waals surface area contributed by atoms with E-state index in [2.05, 4.69) is 16.5 Å². The summed E-state index contributed by atoms with van der Waals surface area (Å²) in [6.45, 7) is 4.93. The van der Waals surface area contributed by atoms with Crippen molar-refractivity contribution in [1.82, 2.24) is 4.57 Å². The minimum atomic E-state index is -0.330. The third-order valence-electron chi connectivity index (χ3n) is 3.16. The van der Waals surface area contributed by atoms with E-state index in [1.165, 1.54) is 7.11 Å². The highest BCUT2D eigenvalue weighted by atomic mass is 16.5. The monoisotopic (exact) mass is 270 g/mol. The maximum Gasteiger partial charge on any atom is 0.337 e. The Balaban J connectivity index is 2.24. The normalized spacial score (nSPS) is 10.9. The first-order valence-electron chi connectivity index (χ1n) is 6.54. The van der Waals surface area contributed by atoms with Crippen molar-refractivity contribution in [3.8, 4) is 0 Å². The number of aryl methyl sites for hydroxylation is 2. The molecule has 0 N–H and O–H groups in total. The molecule has 0 saturated heterocycles. The molecule has 0 fully saturated rings. The van der Waals surface area contributed by atoms with Crippen molar-refractivity contribution in [2.75, 3.05) is 7.11 Å². The average Bonchev–Trinajstić information content (AvgIpc) is 2.92. The lowest BCUT2D eigenvalue weighted by atomic mass is 10.1. The van der Waals surface area contributed by atoms with Crippen LogP contribution in [0, 0.1) is 6.92 Å². The molecule has 0 spiro atoms. The van der Waals surface area contributed by atoms with Gasteiger partial charge in [-0.25, -0.2) is 4.79 Å². The van der Waals surface area contributed by atoms with Gasteiger partial charge >= 0.3 is 5.97 Å². The first-order chi connectivity index (χ1) is 9.65. The van der Waals surface area contributed by atoms with Gasteiger partial charge in [0, 0.05) is 12.7 Å². The van der Waals surface area contributed by atoms with Crippen LogP contribution < -0.4 is 0 Å². The molecule has 2 aromatic rings. The average molecular weight is 270 g/mol. The van der Waals surface area contributed by atoms with Gasteiger partial charge in [0.2, 0.25) is 0 Å². The van der Waals surface area contributed by atoms with E-state index >= 15 is 0 Å². The fraction of sp³-hybridized carbons (Fsp3) is 0.250. The van der Waals surface area contributed by atoms with Crippen molar-refractivity contribution in [3.63, 3.8) is 0 Å². The molecule has 1 heterocycles. The highest BCUT2D eigenvalue weighted by Gasteiger charge is 2.06. The zero-order chi connectivity index (χ0) is 14.5. The predicted octanol–water partition coefficient (Wildman–Crippen LogP) is 3.35. The lowest BCUT2D eigenvalue weighted by molar-refractivity contribution is 0.0600. The zero-order valence-electron chi connectivity index (χ0n) is 12.0. The van der Waals surface area contributed by atoms with Crippen molar-refractivity contribution in [2.45, 2.75) is 20.4 Å². The van der Waals surface area contributed by atoms with Crippen LogP contribution in [-0.2, 0) is 11.3 Å². The number of aliphatic imine (C=N–C) groups is 1. The van der Waals surface area contributed by atoms with Crippen molar-refractivity contribution >= 4 is 17.9 Å². The van der Waals surface area contributed by atoms with Crippen LogP contribution in [0.1, 0.15) is 28.5 Å². The molecule has 0 aliphatic heterocycles. The van der Waals surface area contributed by atoms with Crippen molar-refractivity contribution in [1.29, 1.82) is 0 Å². The van der Waals surface area contributed by atoms with Gasteiger partial charge in [0.05, 0.1) is 30.3 Å². The van der Waals surface area contributed by atoms with Crippen LogP contribution in [0.4, 0.5) is 5.69 Å². The standard InChI is InChI=1S/C16H18N2O2/c1-4-18-9-5-6-14(18)11-17-15-8-7-13(10-12(15)2)16(19)20-3/h5-11H,4H2,1-3H3. The number of esters is 1.